The van der Waals surface area contributed by atoms with Crippen LogP contribution in [0.1, 0.15) is 52.2 Å². The molecule has 1 fully saturated rings. The first kappa shape index (κ1) is 21.7. The molecule has 1 aromatic carbocycles. The van der Waals surface area contributed by atoms with E-state index in [2.05, 4.69) is 78.6 Å². The lowest BCUT2D eigenvalue weighted by atomic mass is 9.95. The average Bonchev–Trinajstić information content (AvgIpc) is 3.12. The Balaban J connectivity index is 1.74. The summed E-state index contributed by atoms with van der Waals surface area (Å²) >= 11 is 0. The molecular weight excluding hydrogens is 336 g/mol. The second-order valence-corrected chi connectivity index (χ2v) is 7.91. The maximum absolute atomic E-state index is 5.98. The molecule has 0 aromatic heterocycles. The van der Waals surface area contributed by atoms with Crippen LogP contribution >= 0.6 is 0 Å². The molecule has 0 saturated carbocycles. The van der Waals surface area contributed by atoms with Crippen molar-refractivity contribution in [3.63, 3.8) is 0 Å². The van der Waals surface area contributed by atoms with E-state index in [-0.39, 0.29) is 6.10 Å². The Labute approximate surface area is 165 Å². The first-order chi connectivity index (χ1) is 13.0. The van der Waals surface area contributed by atoms with Crippen molar-refractivity contribution in [3.05, 3.63) is 35.9 Å². The first-order valence-electron chi connectivity index (χ1n) is 10.4. The van der Waals surface area contributed by atoms with Crippen LogP contribution in [-0.4, -0.2) is 56.2 Å². The smallest absolute Gasteiger partial charge is 0.190 e. The van der Waals surface area contributed by atoms with Crippen molar-refractivity contribution in [3.8, 4) is 0 Å². The van der Waals surface area contributed by atoms with Crippen LogP contribution in [0.4, 0.5) is 0 Å². The number of benzene rings is 1. The topological polar surface area (TPSA) is 48.9 Å². The van der Waals surface area contributed by atoms with Crippen LogP contribution in [0.2, 0.25) is 0 Å². The van der Waals surface area contributed by atoms with Gasteiger partial charge < -0.3 is 15.4 Å². The summed E-state index contributed by atoms with van der Waals surface area (Å²) in [7, 11) is 1.84. The summed E-state index contributed by atoms with van der Waals surface area (Å²) in [5, 5.41) is 6.94. The van der Waals surface area contributed by atoms with Crippen LogP contribution in [0.15, 0.2) is 35.3 Å². The number of aliphatic imine (C=N–C) groups is 1. The third-order valence-electron chi connectivity index (χ3n) is 5.31. The molecule has 0 amide bonds. The Morgan fingerprint density at radius 1 is 1.15 bits per heavy atom. The van der Waals surface area contributed by atoms with E-state index in [0.29, 0.717) is 18.0 Å². The zero-order valence-electron chi connectivity index (χ0n) is 17.7. The fourth-order valence-corrected chi connectivity index (χ4v) is 3.88. The van der Waals surface area contributed by atoms with Crippen molar-refractivity contribution in [1.82, 2.24) is 15.5 Å². The van der Waals surface area contributed by atoms with Gasteiger partial charge in [0.25, 0.3) is 0 Å². The van der Waals surface area contributed by atoms with Crippen LogP contribution in [0.3, 0.4) is 0 Å². The van der Waals surface area contributed by atoms with Crippen LogP contribution in [0.25, 0.3) is 0 Å². The fourth-order valence-electron chi connectivity index (χ4n) is 3.88. The Bertz CT molecular complexity index is 551. The van der Waals surface area contributed by atoms with Crippen molar-refractivity contribution in [2.24, 2.45) is 10.9 Å². The number of rotatable bonds is 9. The fraction of sp³-hybridized carbons (Fsp3) is 0.682. The molecule has 1 heterocycles. The summed E-state index contributed by atoms with van der Waals surface area (Å²) in [6.07, 6.45) is 2.37. The van der Waals surface area contributed by atoms with Gasteiger partial charge in [-0.1, -0.05) is 30.3 Å². The summed E-state index contributed by atoms with van der Waals surface area (Å²) in [6, 6.07) is 11.7. The second-order valence-electron chi connectivity index (χ2n) is 7.91. The van der Waals surface area contributed by atoms with E-state index >= 15 is 0 Å². The Morgan fingerprint density at radius 3 is 2.48 bits per heavy atom. The monoisotopic (exact) mass is 374 g/mol. The molecule has 5 nitrogen and oxygen atoms in total. The minimum absolute atomic E-state index is 0.183. The number of nitrogens with zero attached hydrogens (tertiary/aromatic N) is 2. The largest absolute Gasteiger partial charge is 0.373 e. The lowest BCUT2D eigenvalue weighted by Gasteiger charge is -2.30. The highest BCUT2D eigenvalue weighted by molar-refractivity contribution is 5.79. The Morgan fingerprint density at radius 2 is 1.85 bits per heavy atom. The molecule has 2 atom stereocenters. The number of ether oxygens (including phenoxy) is 1. The molecule has 1 aliphatic rings. The Kier molecular flexibility index (Phi) is 9.08. The molecule has 0 radical (unpaired) electrons. The van der Waals surface area contributed by atoms with Crippen LogP contribution < -0.4 is 10.6 Å². The van der Waals surface area contributed by atoms with E-state index < -0.39 is 0 Å². The van der Waals surface area contributed by atoms with E-state index in [4.69, 9.17) is 4.74 Å². The van der Waals surface area contributed by atoms with Crippen molar-refractivity contribution >= 4 is 5.96 Å². The molecule has 1 saturated heterocycles. The van der Waals surface area contributed by atoms with E-state index in [9.17, 15) is 0 Å². The van der Waals surface area contributed by atoms with Gasteiger partial charge in [0.2, 0.25) is 0 Å². The van der Waals surface area contributed by atoms with Crippen molar-refractivity contribution in [2.45, 2.75) is 58.7 Å². The van der Waals surface area contributed by atoms with E-state index in [1.54, 1.807) is 0 Å². The van der Waals surface area contributed by atoms with Crippen molar-refractivity contribution in [2.75, 3.05) is 33.3 Å². The molecule has 2 N–H and O–H groups in total. The minimum Gasteiger partial charge on any atom is -0.373 e. The zero-order valence-corrected chi connectivity index (χ0v) is 17.7. The quantitative estimate of drug-likeness (QED) is 0.395. The normalized spacial score (nSPS) is 20.7. The number of guanidine groups is 1. The lowest BCUT2D eigenvalue weighted by molar-refractivity contribution is 0.0915. The molecule has 0 spiro atoms. The minimum atomic E-state index is 0.183. The molecule has 5 heteroatoms. The molecule has 27 heavy (non-hydrogen) atoms. The Hall–Kier alpha value is -1.59. The highest BCUT2D eigenvalue weighted by Crippen LogP contribution is 2.33. The van der Waals surface area contributed by atoms with Gasteiger partial charge >= 0.3 is 0 Å². The maximum atomic E-state index is 5.98. The summed E-state index contributed by atoms with van der Waals surface area (Å²) in [5.74, 6) is 1.36. The van der Waals surface area contributed by atoms with Gasteiger partial charge in [0.15, 0.2) is 5.96 Å². The summed E-state index contributed by atoms with van der Waals surface area (Å²) in [4.78, 5) is 6.90. The lowest BCUT2D eigenvalue weighted by Crippen LogP contribution is -2.42. The SMILES string of the molecule is CN=C(NCCCN(C(C)C)C(C)C)NCC1CCOC1c1ccccc1. The zero-order chi connectivity index (χ0) is 19.6. The number of hydrogen-bond acceptors (Lipinski definition) is 3. The summed E-state index contributed by atoms with van der Waals surface area (Å²) in [6.45, 7) is 12.8. The number of hydrogen-bond donors (Lipinski definition) is 2. The summed E-state index contributed by atoms with van der Waals surface area (Å²) in [5.41, 5.74) is 1.27. The highest BCUT2D eigenvalue weighted by atomic mass is 16.5. The predicted molar refractivity (Wildman–Crippen MR) is 114 cm³/mol. The average molecular weight is 375 g/mol. The number of nitrogens with one attached hydrogen (secondary N) is 2. The molecule has 1 aromatic rings. The molecule has 2 unspecified atom stereocenters. The maximum Gasteiger partial charge on any atom is 0.190 e. The standard InChI is InChI=1S/C22H38N4O/c1-17(2)26(18(3)4)14-9-13-24-22(23-5)25-16-20-12-15-27-21(20)19-10-7-6-8-11-19/h6-8,10-11,17-18,20-21H,9,12-16H2,1-5H3,(H2,23,24,25). The summed E-state index contributed by atoms with van der Waals surface area (Å²) < 4.78 is 5.98. The molecule has 152 valence electrons. The molecular formula is C22H38N4O. The van der Waals surface area contributed by atoms with Gasteiger partial charge in [0, 0.05) is 51.3 Å². The molecule has 2 rings (SSSR count). The van der Waals surface area contributed by atoms with E-state index in [0.717, 1.165) is 45.0 Å². The predicted octanol–water partition coefficient (Wildman–Crippen LogP) is 3.44. The molecule has 0 aliphatic carbocycles. The van der Waals surface area contributed by atoms with Gasteiger partial charge in [-0.25, -0.2) is 0 Å². The van der Waals surface area contributed by atoms with Crippen LogP contribution in [0.5, 0.6) is 0 Å². The van der Waals surface area contributed by atoms with Gasteiger partial charge in [-0.15, -0.1) is 0 Å². The molecule has 0 bridgehead atoms. The first-order valence-corrected chi connectivity index (χ1v) is 10.4. The van der Waals surface area contributed by atoms with Gasteiger partial charge in [0.05, 0.1) is 6.10 Å². The third-order valence-corrected chi connectivity index (χ3v) is 5.31. The van der Waals surface area contributed by atoms with Crippen molar-refractivity contribution in [1.29, 1.82) is 0 Å². The van der Waals surface area contributed by atoms with Gasteiger partial charge in [0.1, 0.15) is 0 Å². The van der Waals surface area contributed by atoms with Crippen molar-refractivity contribution < 1.29 is 4.74 Å². The third kappa shape index (κ3) is 6.82. The van der Waals surface area contributed by atoms with Gasteiger partial charge in [-0.05, 0) is 46.1 Å². The highest BCUT2D eigenvalue weighted by Gasteiger charge is 2.29. The van der Waals surface area contributed by atoms with Crippen LogP contribution in [0, 0.1) is 5.92 Å². The second kappa shape index (κ2) is 11.3. The molecule has 1 aliphatic heterocycles. The van der Waals surface area contributed by atoms with E-state index in [1.165, 1.54) is 5.56 Å². The van der Waals surface area contributed by atoms with Gasteiger partial charge in [-0.2, -0.15) is 0 Å². The van der Waals surface area contributed by atoms with E-state index in [1.807, 2.05) is 7.05 Å². The van der Waals surface area contributed by atoms with Crippen LogP contribution in [-0.2, 0) is 4.74 Å². The van der Waals surface area contributed by atoms with Gasteiger partial charge in [-0.3, -0.25) is 9.89 Å².